The summed E-state index contributed by atoms with van der Waals surface area (Å²) >= 11 is 12.4. The topological polar surface area (TPSA) is 55.8 Å². The first kappa shape index (κ1) is 29.8. The average molecular weight is 585 g/mol. The van der Waals surface area contributed by atoms with Gasteiger partial charge in [0.05, 0.1) is 18.7 Å². The van der Waals surface area contributed by atoms with Crippen LogP contribution in [0.3, 0.4) is 0 Å². The van der Waals surface area contributed by atoms with E-state index in [1.54, 1.807) is 49.4 Å². The van der Waals surface area contributed by atoms with Gasteiger partial charge in [0, 0.05) is 22.5 Å². The van der Waals surface area contributed by atoms with Crippen LogP contribution >= 0.6 is 23.2 Å². The summed E-state index contributed by atoms with van der Waals surface area (Å²) in [5.74, 6) is -1.04. The SMILES string of the molecule is CCC[C@H](C=CC(=O)OCC)N1C(=O)[C@H](Cc2ccc(F)cc2)O[C@@H](c2ccc(Cl)cc2)[C@H]1c1ccc(Cl)cc1. The molecule has 210 valence electrons. The van der Waals surface area contributed by atoms with Crippen LogP contribution < -0.4 is 0 Å². The predicted molar refractivity (Wildman–Crippen MR) is 155 cm³/mol. The van der Waals surface area contributed by atoms with Gasteiger partial charge in [0.25, 0.3) is 5.91 Å². The number of ether oxygens (including phenoxy) is 2. The number of benzene rings is 3. The third-order valence-corrected chi connectivity index (χ3v) is 7.36. The Labute approximate surface area is 244 Å². The summed E-state index contributed by atoms with van der Waals surface area (Å²) in [6.45, 7) is 4.03. The fourth-order valence-corrected chi connectivity index (χ4v) is 5.26. The minimum Gasteiger partial charge on any atom is -0.463 e. The molecular weight excluding hydrogens is 552 g/mol. The van der Waals surface area contributed by atoms with E-state index in [4.69, 9.17) is 32.7 Å². The van der Waals surface area contributed by atoms with Gasteiger partial charge in [0.1, 0.15) is 18.0 Å². The maximum atomic E-state index is 14.3. The number of amides is 1. The van der Waals surface area contributed by atoms with E-state index >= 15 is 0 Å². The highest BCUT2D eigenvalue weighted by Crippen LogP contribution is 2.44. The van der Waals surface area contributed by atoms with Crippen LogP contribution in [-0.2, 0) is 25.5 Å². The maximum Gasteiger partial charge on any atom is 0.330 e. The van der Waals surface area contributed by atoms with Gasteiger partial charge < -0.3 is 14.4 Å². The number of esters is 1. The van der Waals surface area contributed by atoms with Crippen LogP contribution in [0, 0.1) is 5.82 Å². The summed E-state index contributed by atoms with van der Waals surface area (Å²) in [6.07, 6.45) is 3.36. The lowest BCUT2D eigenvalue weighted by Crippen LogP contribution is -2.55. The van der Waals surface area contributed by atoms with Gasteiger partial charge in [0.2, 0.25) is 0 Å². The standard InChI is InChI=1S/C32H32Cl2FNO4/c1-3-5-27(18-19-29(37)39-4-2)36-30(22-8-12-24(33)13-9-22)31(23-10-14-25(34)15-11-23)40-28(32(36)38)20-21-6-16-26(35)17-7-21/h6-19,27-28,30-31H,3-5,20H2,1-2H3/t27-,28+,30-,31+/m1/s1. The van der Waals surface area contributed by atoms with Gasteiger partial charge in [0.15, 0.2) is 0 Å². The van der Waals surface area contributed by atoms with Crippen molar-refractivity contribution in [2.75, 3.05) is 6.61 Å². The Balaban J connectivity index is 1.84. The summed E-state index contributed by atoms with van der Waals surface area (Å²) in [5, 5.41) is 1.16. The van der Waals surface area contributed by atoms with E-state index < -0.39 is 30.3 Å². The molecule has 4 atom stereocenters. The van der Waals surface area contributed by atoms with Crippen molar-refractivity contribution in [2.24, 2.45) is 0 Å². The predicted octanol–water partition coefficient (Wildman–Crippen LogP) is 7.67. The van der Waals surface area contributed by atoms with Crippen molar-refractivity contribution in [3.8, 4) is 0 Å². The molecule has 8 heteroatoms. The van der Waals surface area contributed by atoms with Gasteiger partial charge in [-0.15, -0.1) is 0 Å². The van der Waals surface area contributed by atoms with Crippen molar-refractivity contribution in [1.29, 1.82) is 0 Å². The number of hydrogen-bond acceptors (Lipinski definition) is 4. The molecule has 40 heavy (non-hydrogen) atoms. The van der Waals surface area contributed by atoms with Crippen molar-refractivity contribution in [3.05, 3.63) is 118 Å². The Kier molecular flexibility index (Phi) is 10.4. The minimum atomic E-state index is -0.843. The molecule has 0 radical (unpaired) electrons. The molecule has 1 aliphatic heterocycles. The molecule has 4 rings (SSSR count). The highest BCUT2D eigenvalue weighted by molar-refractivity contribution is 6.30. The fourth-order valence-electron chi connectivity index (χ4n) is 5.01. The molecule has 1 heterocycles. The summed E-state index contributed by atoms with van der Waals surface area (Å²) in [6, 6.07) is 19.8. The maximum absolute atomic E-state index is 14.3. The Bertz CT molecular complexity index is 1310. The van der Waals surface area contributed by atoms with Gasteiger partial charge in [-0.3, -0.25) is 4.79 Å². The lowest BCUT2D eigenvalue weighted by Gasteiger charge is -2.47. The van der Waals surface area contributed by atoms with E-state index in [0.29, 0.717) is 16.5 Å². The highest BCUT2D eigenvalue weighted by atomic mass is 35.5. The fraction of sp³-hybridized carbons (Fsp3) is 0.312. The summed E-state index contributed by atoms with van der Waals surface area (Å²) in [4.78, 5) is 28.4. The molecule has 0 saturated carbocycles. The molecule has 0 spiro atoms. The lowest BCUT2D eigenvalue weighted by atomic mass is 9.88. The van der Waals surface area contributed by atoms with Crippen LogP contribution in [0.15, 0.2) is 84.9 Å². The number of carbonyl (C=O) groups excluding carboxylic acids is 2. The van der Waals surface area contributed by atoms with Crippen LogP contribution in [0.2, 0.25) is 10.0 Å². The third kappa shape index (κ3) is 7.30. The molecule has 0 bridgehead atoms. The summed E-state index contributed by atoms with van der Waals surface area (Å²) < 4.78 is 25.3. The first-order valence-electron chi connectivity index (χ1n) is 13.4. The Morgan fingerprint density at radius 3 is 2.15 bits per heavy atom. The van der Waals surface area contributed by atoms with Gasteiger partial charge in [-0.2, -0.15) is 0 Å². The van der Waals surface area contributed by atoms with Crippen LogP contribution in [-0.4, -0.2) is 35.5 Å². The van der Waals surface area contributed by atoms with E-state index in [2.05, 4.69) is 0 Å². The molecule has 0 N–H and O–H groups in total. The number of nitrogens with zero attached hydrogens (tertiary/aromatic N) is 1. The second-order valence-electron chi connectivity index (χ2n) is 9.64. The molecule has 0 unspecified atom stereocenters. The molecule has 5 nitrogen and oxygen atoms in total. The zero-order valence-corrected chi connectivity index (χ0v) is 23.9. The van der Waals surface area contributed by atoms with Crippen LogP contribution in [0.5, 0.6) is 0 Å². The number of rotatable bonds is 10. The van der Waals surface area contributed by atoms with Gasteiger partial charge in [-0.25, -0.2) is 9.18 Å². The Hall–Kier alpha value is -3.19. The number of morpholine rings is 1. The number of carbonyl (C=O) groups is 2. The average Bonchev–Trinajstić information content (AvgIpc) is 2.94. The zero-order valence-electron chi connectivity index (χ0n) is 22.4. The van der Waals surface area contributed by atoms with Crippen molar-refractivity contribution < 1.29 is 23.5 Å². The second kappa shape index (κ2) is 13.9. The largest absolute Gasteiger partial charge is 0.463 e. The monoisotopic (exact) mass is 583 g/mol. The van der Waals surface area contributed by atoms with Crippen molar-refractivity contribution in [2.45, 2.75) is 57.4 Å². The van der Waals surface area contributed by atoms with Gasteiger partial charge in [-0.05, 0) is 66.4 Å². The number of halogens is 3. The Morgan fingerprint density at radius 1 is 0.975 bits per heavy atom. The smallest absolute Gasteiger partial charge is 0.330 e. The van der Waals surface area contributed by atoms with E-state index in [1.165, 1.54) is 18.2 Å². The number of hydrogen-bond donors (Lipinski definition) is 0. The zero-order chi connectivity index (χ0) is 28.6. The van der Waals surface area contributed by atoms with Crippen LogP contribution in [0.4, 0.5) is 4.39 Å². The summed E-state index contributed by atoms with van der Waals surface area (Å²) in [7, 11) is 0. The quantitative estimate of drug-likeness (QED) is 0.181. The van der Waals surface area contributed by atoms with Crippen molar-refractivity contribution >= 4 is 35.1 Å². The molecule has 1 aliphatic rings. The normalized spacial score (nSPS) is 20.1. The molecule has 1 saturated heterocycles. The summed E-state index contributed by atoms with van der Waals surface area (Å²) in [5.41, 5.74) is 2.45. The van der Waals surface area contributed by atoms with E-state index in [9.17, 15) is 14.0 Å². The van der Waals surface area contributed by atoms with Crippen molar-refractivity contribution in [3.63, 3.8) is 0 Å². The molecule has 0 aliphatic carbocycles. The van der Waals surface area contributed by atoms with E-state index in [0.717, 1.165) is 23.1 Å². The Morgan fingerprint density at radius 2 is 1.57 bits per heavy atom. The first-order valence-corrected chi connectivity index (χ1v) is 14.1. The van der Waals surface area contributed by atoms with Gasteiger partial charge >= 0.3 is 5.97 Å². The molecule has 3 aromatic carbocycles. The van der Waals surface area contributed by atoms with Crippen molar-refractivity contribution in [1.82, 2.24) is 4.90 Å². The molecule has 0 aromatic heterocycles. The second-order valence-corrected chi connectivity index (χ2v) is 10.5. The third-order valence-electron chi connectivity index (χ3n) is 6.85. The molecular formula is C32H32Cl2FNO4. The molecule has 3 aromatic rings. The van der Waals surface area contributed by atoms with Crippen LogP contribution in [0.25, 0.3) is 0 Å². The van der Waals surface area contributed by atoms with Gasteiger partial charge in [-0.1, -0.05) is 79.0 Å². The highest BCUT2D eigenvalue weighted by Gasteiger charge is 2.46. The molecule has 1 fully saturated rings. The lowest BCUT2D eigenvalue weighted by molar-refractivity contribution is -0.177. The minimum absolute atomic E-state index is 0.221. The first-order chi connectivity index (χ1) is 19.3. The van der Waals surface area contributed by atoms with E-state index in [-0.39, 0.29) is 24.8 Å². The van der Waals surface area contributed by atoms with Crippen LogP contribution in [0.1, 0.15) is 55.5 Å². The van der Waals surface area contributed by atoms with E-state index in [1.807, 2.05) is 36.1 Å². The molecule has 1 amide bonds.